The zero-order valence-electron chi connectivity index (χ0n) is 26.9. The Morgan fingerprint density at radius 3 is 2.07 bits per heavy atom. The van der Waals surface area contributed by atoms with Crippen molar-refractivity contribution in [1.29, 1.82) is 0 Å². The number of hydrogen-bond donors (Lipinski definition) is 5. The van der Waals surface area contributed by atoms with Crippen LogP contribution < -0.4 is 40.6 Å². The minimum atomic E-state index is -0.581. The molecule has 1 saturated heterocycles. The number of nitrogens with two attached hydrogens (primary N) is 1. The number of methoxy groups -OCH3 is 2. The molecule has 0 saturated carbocycles. The highest BCUT2D eigenvalue weighted by atomic mass is 16.7. The van der Waals surface area contributed by atoms with Crippen molar-refractivity contribution in [2.24, 2.45) is 17.6 Å². The van der Waals surface area contributed by atoms with Crippen molar-refractivity contribution in [2.45, 2.75) is 56.9 Å². The lowest BCUT2D eigenvalue weighted by Gasteiger charge is -2.39. The predicted octanol–water partition coefficient (Wildman–Crippen LogP) is 3.10. The first-order chi connectivity index (χ1) is 22.5. The molecular formula is C34H48N4O8. The third-order valence-corrected chi connectivity index (χ3v) is 9.14. The first-order valence-electron chi connectivity index (χ1n) is 16.4. The Kier molecular flexibility index (Phi) is 11.8. The van der Waals surface area contributed by atoms with Gasteiger partial charge in [0.15, 0.2) is 23.0 Å². The van der Waals surface area contributed by atoms with Gasteiger partial charge in [0, 0.05) is 18.3 Å². The Balaban J connectivity index is 1.23. The minimum Gasteiger partial charge on any atom is -0.502 e. The van der Waals surface area contributed by atoms with E-state index in [-0.39, 0.29) is 48.4 Å². The van der Waals surface area contributed by atoms with Crippen LogP contribution in [0, 0.1) is 11.8 Å². The number of carbonyl (C=O) groups excluding carboxylic acids is 2. The van der Waals surface area contributed by atoms with Gasteiger partial charge in [0.1, 0.15) is 0 Å². The lowest BCUT2D eigenvalue weighted by molar-refractivity contribution is -0.141. The molecule has 2 aromatic carbocycles. The van der Waals surface area contributed by atoms with Gasteiger partial charge >= 0.3 is 5.97 Å². The zero-order valence-corrected chi connectivity index (χ0v) is 26.9. The van der Waals surface area contributed by atoms with E-state index in [0.29, 0.717) is 17.9 Å². The number of carbonyl (C=O) groups is 2. The molecule has 5 rings (SSSR count). The fourth-order valence-corrected chi connectivity index (χ4v) is 6.77. The summed E-state index contributed by atoms with van der Waals surface area (Å²) in [6.07, 6.45) is 6.45. The number of cyclic esters (lactones) is 1. The van der Waals surface area contributed by atoms with Gasteiger partial charge in [-0.3, -0.25) is 9.59 Å². The van der Waals surface area contributed by atoms with E-state index in [1.807, 2.05) is 12.1 Å². The standard InChI is InChI=1S/C34H48N4O8/c1-42-27-15-21(16-28(43-2)33(27)40)30-22-17-25-26(46-20-45-25)18-23(22)32(24-19-44-34(41)31(24)30)38-29(39)9-3-5-11-36-13-7-8-14-37-12-6-4-10-35/h15-18,24,30-32,36-37,40H,3-14,19-20,35H2,1-2H3,(H,38,39)/t24-,30?,31-,32+/m0/s1. The van der Waals surface area contributed by atoms with Crippen LogP contribution in [-0.4, -0.2) is 77.3 Å². The smallest absolute Gasteiger partial charge is 0.310 e. The number of ether oxygens (including phenoxy) is 5. The number of phenols is 1. The van der Waals surface area contributed by atoms with Gasteiger partial charge in [0.05, 0.1) is 32.8 Å². The highest BCUT2D eigenvalue weighted by Gasteiger charge is 2.53. The van der Waals surface area contributed by atoms with Gasteiger partial charge in [-0.1, -0.05) is 0 Å². The Hall–Kier alpha value is -3.74. The topological polar surface area (TPSA) is 163 Å². The lowest BCUT2D eigenvalue weighted by Crippen LogP contribution is -2.42. The van der Waals surface area contributed by atoms with E-state index < -0.39 is 17.9 Å². The zero-order chi connectivity index (χ0) is 32.5. The largest absolute Gasteiger partial charge is 0.502 e. The molecule has 12 heteroatoms. The summed E-state index contributed by atoms with van der Waals surface area (Å²) in [6.45, 7) is 4.89. The second-order valence-electron chi connectivity index (χ2n) is 12.1. The van der Waals surface area contributed by atoms with Gasteiger partial charge in [-0.25, -0.2) is 0 Å². The molecule has 1 fully saturated rings. The Morgan fingerprint density at radius 2 is 1.46 bits per heavy atom. The van der Waals surface area contributed by atoms with Crippen LogP contribution in [0.1, 0.15) is 73.6 Å². The van der Waals surface area contributed by atoms with Gasteiger partial charge in [-0.05, 0) is 112 Å². The van der Waals surface area contributed by atoms with Gasteiger partial charge < -0.3 is 50.5 Å². The van der Waals surface area contributed by atoms with E-state index >= 15 is 0 Å². The van der Waals surface area contributed by atoms with E-state index in [4.69, 9.17) is 29.4 Å². The molecule has 0 bridgehead atoms. The summed E-state index contributed by atoms with van der Waals surface area (Å²) in [5.74, 6) is -0.249. The van der Waals surface area contributed by atoms with Crippen molar-refractivity contribution < 1.29 is 38.4 Å². The first kappa shape index (κ1) is 33.6. The molecule has 0 spiro atoms. The minimum absolute atomic E-state index is 0.0705. The first-order valence-corrected chi connectivity index (χ1v) is 16.4. The number of rotatable bonds is 18. The molecule has 2 aromatic rings. The quantitative estimate of drug-likeness (QED) is 0.120. The Morgan fingerprint density at radius 1 is 0.870 bits per heavy atom. The summed E-state index contributed by atoms with van der Waals surface area (Å²) in [7, 11) is 2.93. The van der Waals surface area contributed by atoms with Gasteiger partial charge in [0.2, 0.25) is 18.4 Å². The molecule has 46 heavy (non-hydrogen) atoms. The maximum Gasteiger partial charge on any atom is 0.310 e. The molecule has 0 radical (unpaired) electrons. The summed E-state index contributed by atoms with van der Waals surface area (Å²) in [6, 6.07) is 6.78. The number of benzene rings is 2. The number of fused-ring (bicyclic) bond motifs is 3. The van der Waals surface area contributed by atoms with E-state index in [1.165, 1.54) is 14.2 Å². The molecule has 1 aliphatic carbocycles. The summed E-state index contributed by atoms with van der Waals surface area (Å²) < 4.78 is 27.9. The third kappa shape index (κ3) is 7.62. The fraction of sp³-hybridized carbons (Fsp3) is 0.588. The monoisotopic (exact) mass is 640 g/mol. The van der Waals surface area contributed by atoms with Crippen LogP contribution in [0.5, 0.6) is 28.7 Å². The number of nitrogens with one attached hydrogen (secondary N) is 3. The molecule has 1 amide bonds. The van der Waals surface area contributed by atoms with Crippen molar-refractivity contribution >= 4 is 11.9 Å². The van der Waals surface area contributed by atoms with Crippen LogP contribution in [0.2, 0.25) is 0 Å². The SMILES string of the molecule is COc1cc(C2c3cc4c(cc3[C@@H](NC(=O)CCCCNCCCCNCCCCN)[C@H]3COC(=O)[C@H]23)OCO4)cc(OC)c1O. The molecule has 2 aliphatic heterocycles. The molecule has 2 heterocycles. The van der Waals surface area contributed by atoms with Gasteiger partial charge in [0.25, 0.3) is 0 Å². The molecule has 0 aromatic heterocycles. The van der Waals surface area contributed by atoms with Gasteiger partial charge in [-0.2, -0.15) is 0 Å². The number of phenolic OH excluding ortho intramolecular Hbond substituents is 1. The molecular weight excluding hydrogens is 592 g/mol. The summed E-state index contributed by atoms with van der Waals surface area (Å²) in [5, 5.41) is 20.7. The Labute approximate surface area is 270 Å². The van der Waals surface area contributed by atoms with E-state index in [1.54, 1.807) is 12.1 Å². The number of aromatic hydroxyl groups is 1. The van der Waals surface area contributed by atoms with Crippen LogP contribution in [0.4, 0.5) is 0 Å². The molecule has 12 nitrogen and oxygen atoms in total. The van der Waals surface area contributed by atoms with E-state index in [2.05, 4.69) is 16.0 Å². The number of unbranched alkanes of at least 4 members (excludes halogenated alkanes) is 3. The average Bonchev–Trinajstić information content (AvgIpc) is 3.68. The molecule has 1 unspecified atom stereocenters. The molecule has 3 aliphatic rings. The summed E-state index contributed by atoms with van der Waals surface area (Å²) >= 11 is 0. The third-order valence-electron chi connectivity index (χ3n) is 9.14. The lowest BCUT2D eigenvalue weighted by atomic mass is 9.65. The van der Waals surface area contributed by atoms with Crippen molar-refractivity contribution in [1.82, 2.24) is 16.0 Å². The van der Waals surface area contributed by atoms with E-state index in [9.17, 15) is 14.7 Å². The van der Waals surface area contributed by atoms with Gasteiger partial charge in [-0.15, -0.1) is 0 Å². The highest BCUT2D eigenvalue weighted by Crippen LogP contribution is 2.55. The number of amides is 1. The molecule has 6 N–H and O–H groups in total. The fourth-order valence-electron chi connectivity index (χ4n) is 6.77. The van der Waals surface area contributed by atoms with Crippen molar-refractivity contribution in [3.8, 4) is 28.7 Å². The average molecular weight is 641 g/mol. The molecule has 252 valence electrons. The normalized spacial score (nSPS) is 21.0. The van der Waals surface area contributed by atoms with Crippen LogP contribution in [0.15, 0.2) is 24.3 Å². The maximum atomic E-state index is 13.3. The maximum absolute atomic E-state index is 13.3. The van der Waals surface area contributed by atoms with Crippen molar-refractivity contribution in [2.75, 3.05) is 60.3 Å². The van der Waals surface area contributed by atoms with Crippen molar-refractivity contribution in [3.63, 3.8) is 0 Å². The van der Waals surface area contributed by atoms with E-state index in [0.717, 1.165) is 87.9 Å². The highest BCUT2D eigenvalue weighted by molar-refractivity contribution is 5.81. The second kappa shape index (κ2) is 16.2. The second-order valence-corrected chi connectivity index (χ2v) is 12.1. The Bertz CT molecular complexity index is 1330. The predicted molar refractivity (Wildman–Crippen MR) is 172 cm³/mol. The van der Waals surface area contributed by atoms with Crippen LogP contribution in [-0.2, 0) is 14.3 Å². The molecule has 4 atom stereocenters. The number of esters is 1. The number of hydrogen-bond acceptors (Lipinski definition) is 11. The van der Waals surface area contributed by atoms with Crippen LogP contribution in [0.3, 0.4) is 0 Å². The van der Waals surface area contributed by atoms with Crippen LogP contribution >= 0.6 is 0 Å². The summed E-state index contributed by atoms with van der Waals surface area (Å²) in [4.78, 5) is 26.6. The summed E-state index contributed by atoms with van der Waals surface area (Å²) in [5.41, 5.74) is 7.91. The van der Waals surface area contributed by atoms with Crippen molar-refractivity contribution in [3.05, 3.63) is 41.0 Å². The van der Waals surface area contributed by atoms with Crippen LogP contribution in [0.25, 0.3) is 0 Å².